The van der Waals surface area contributed by atoms with Gasteiger partial charge in [0.1, 0.15) is 6.10 Å². The fourth-order valence-corrected chi connectivity index (χ4v) is 3.32. The van der Waals surface area contributed by atoms with Crippen molar-refractivity contribution < 1.29 is 9.53 Å². The van der Waals surface area contributed by atoms with Crippen LogP contribution in [0.4, 0.5) is 0 Å². The summed E-state index contributed by atoms with van der Waals surface area (Å²) in [5.74, 6) is 0.420. The van der Waals surface area contributed by atoms with Gasteiger partial charge >= 0.3 is 5.97 Å². The van der Waals surface area contributed by atoms with E-state index in [0.29, 0.717) is 5.92 Å². The molecule has 0 aromatic heterocycles. The first kappa shape index (κ1) is 18.7. The summed E-state index contributed by atoms with van der Waals surface area (Å²) in [5.41, 5.74) is 2.77. The Bertz CT molecular complexity index is 525. The Labute approximate surface area is 146 Å². The van der Waals surface area contributed by atoms with Crippen LogP contribution in [0.1, 0.15) is 62.5 Å². The minimum absolute atomic E-state index is 0.0908. The molecule has 0 spiro atoms. The van der Waals surface area contributed by atoms with E-state index >= 15 is 0 Å². The zero-order chi connectivity index (χ0) is 17.4. The quantitative estimate of drug-likeness (QED) is 0.537. The Morgan fingerprint density at radius 1 is 1.17 bits per heavy atom. The summed E-state index contributed by atoms with van der Waals surface area (Å²) in [4.78, 5) is 13.9. The zero-order valence-corrected chi connectivity index (χ0v) is 15.3. The predicted molar refractivity (Wildman–Crippen MR) is 99.0 cm³/mol. The highest BCUT2D eigenvalue weighted by molar-refractivity contribution is 5.82. The fraction of sp³-hybridized carbons (Fsp3) is 0.571. The highest BCUT2D eigenvalue weighted by atomic mass is 16.5. The van der Waals surface area contributed by atoms with Crippen molar-refractivity contribution in [2.45, 2.75) is 64.0 Å². The summed E-state index contributed by atoms with van der Waals surface area (Å²) in [6, 6.07) is 9.01. The minimum atomic E-state index is -0.181. The molecule has 3 heteroatoms. The molecule has 1 aliphatic rings. The Balaban J connectivity index is 1.79. The number of esters is 1. The molecule has 3 nitrogen and oxygen atoms in total. The summed E-state index contributed by atoms with van der Waals surface area (Å²) in [5, 5.41) is 0. The molecule has 1 saturated carbocycles. The third-order valence-corrected chi connectivity index (χ3v) is 4.62. The van der Waals surface area contributed by atoms with Crippen LogP contribution in [0.15, 0.2) is 36.4 Å². The third kappa shape index (κ3) is 6.12. The van der Waals surface area contributed by atoms with Crippen LogP contribution < -0.4 is 0 Å². The van der Waals surface area contributed by atoms with Crippen molar-refractivity contribution in [3.63, 3.8) is 0 Å². The van der Waals surface area contributed by atoms with Gasteiger partial charge in [-0.2, -0.15) is 0 Å². The molecule has 0 saturated heterocycles. The van der Waals surface area contributed by atoms with Crippen LogP contribution in [0.2, 0.25) is 0 Å². The van der Waals surface area contributed by atoms with E-state index in [1.807, 2.05) is 6.08 Å². The number of hydrogen-bond donors (Lipinski definition) is 0. The van der Waals surface area contributed by atoms with Crippen molar-refractivity contribution in [2.24, 2.45) is 0 Å². The first-order valence-corrected chi connectivity index (χ1v) is 9.19. The predicted octanol–water partition coefficient (Wildman–Crippen LogP) is 4.67. The van der Waals surface area contributed by atoms with E-state index in [1.165, 1.54) is 11.1 Å². The average Bonchev–Trinajstić information content (AvgIpc) is 2.56. The molecule has 1 aromatic rings. The van der Waals surface area contributed by atoms with Gasteiger partial charge in [0.25, 0.3) is 0 Å². The van der Waals surface area contributed by atoms with Gasteiger partial charge in [0.2, 0.25) is 0 Å². The topological polar surface area (TPSA) is 29.5 Å². The number of ether oxygens (including phenoxy) is 1. The van der Waals surface area contributed by atoms with Crippen LogP contribution in [0, 0.1) is 0 Å². The maximum absolute atomic E-state index is 11.8. The number of hydrogen-bond acceptors (Lipinski definition) is 3. The standard InChI is InChI=1S/C21H31NO2/c1-4-5-6-7-21(23)24-20-14-12-19(13-15-20)18-10-8-17(9-11-18)16-22(2)3/h6-11,19-20H,4-5,12-16H2,1-3H3/t19-,20-. The normalized spacial score (nSPS) is 21.3. The molecule has 0 N–H and O–H groups in total. The molecule has 0 atom stereocenters. The molecule has 132 valence electrons. The first-order chi connectivity index (χ1) is 11.6. The van der Waals surface area contributed by atoms with Gasteiger partial charge in [-0.3, -0.25) is 0 Å². The fourth-order valence-electron chi connectivity index (χ4n) is 3.32. The van der Waals surface area contributed by atoms with Crippen molar-refractivity contribution in [3.05, 3.63) is 47.5 Å². The van der Waals surface area contributed by atoms with Gasteiger partial charge in [-0.1, -0.05) is 43.7 Å². The largest absolute Gasteiger partial charge is 0.459 e. The van der Waals surface area contributed by atoms with Crippen molar-refractivity contribution >= 4 is 5.97 Å². The highest BCUT2D eigenvalue weighted by Gasteiger charge is 2.24. The van der Waals surface area contributed by atoms with Gasteiger partial charge < -0.3 is 9.64 Å². The number of benzene rings is 1. The monoisotopic (exact) mass is 329 g/mol. The van der Waals surface area contributed by atoms with Crippen LogP contribution in [-0.2, 0) is 16.1 Å². The summed E-state index contributed by atoms with van der Waals surface area (Å²) in [6.07, 6.45) is 9.71. The first-order valence-electron chi connectivity index (χ1n) is 9.19. The lowest BCUT2D eigenvalue weighted by molar-refractivity contribution is -0.144. The molecule has 2 rings (SSSR count). The van der Waals surface area contributed by atoms with Gasteiger partial charge in [-0.15, -0.1) is 0 Å². The van der Waals surface area contributed by atoms with E-state index < -0.39 is 0 Å². The molecule has 0 amide bonds. The Kier molecular flexibility index (Phi) is 7.51. The van der Waals surface area contributed by atoms with Crippen LogP contribution in [0.3, 0.4) is 0 Å². The maximum atomic E-state index is 11.8. The number of unbranched alkanes of at least 4 members (excludes halogenated alkanes) is 1. The molecule has 1 fully saturated rings. The zero-order valence-electron chi connectivity index (χ0n) is 15.3. The molecule has 0 bridgehead atoms. The number of allylic oxidation sites excluding steroid dienone is 1. The van der Waals surface area contributed by atoms with Gasteiger partial charge in [0.15, 0.2) is 0 Å². The van der Waals surface area contributed by atoms with E-state index in [-0.39, 0.29) is 12.1 Å². The van der Waals surface area contributed by atoms with Gasteiger partial charge in [-0.25, -0.2) is 4.79 Å². The highest BCUT2D eigenvalue weighted by Crippen LogP contribution is 2.34. The van der Waals surface area contributed by atoms with E-state index in [4.69, 9.17) is 4.74 Å². The third-order valence-electron chi connectivity index (χ3n) is 4.62. The van der Waals surface area contributed by atoms with Gasteiger partial charge in [-0.05, 0) is 63.2 Å². The van der Waals surface area contributed by atoms with Crippen molar-refractivity contribution in [2.75, 3.05) is 14.1 Å². The SMILES string of the molecule is CCCC=CC(=O)O[C@H]1CC[C@H](c2ccc(CN(C)C)cc2)CC1. The van der Waals surface area contributed by atoms with Gasteiger partial charge in [0.05, 0.1) is 0 Å². The maximum Gasteiger partial charge on any atom is 0.330 e. The van der Waals surface area contributed by atoms with Crippen molar-refractivity contribution in [3.8, 4) is 0 Å². The van der Waals surface area contributed by atoms with Crippen LogP contribution >= 0.6 is 0 Å². The smallest absolute Gasteiger partial charge is 0.330 e. The van der Waals surface area contributed by atoms with Crippen LogP contribution in [-0.4, -0.2) is 31.1 Å². The van der Waals surface area contributed by atoms with E-state index in [9.17, 15) is 4.79 Å². The number of carbonyl (C=O) groups is 1. The molecule has 24 heavy (non-hydrogen) atoms. The number of nitrogens with zero attached hydrogens (tertiary/aromatic N) is 1. The Morgan fingerprint density at radius 3 is 2.42 bits per heavy atom. The lowest BCUT2D eigenvalue weighted by Gasteiger charge is -2.28. The molecule has 1 aromatic carbocycles. The number of rotatable bonds is 7. The van der Waals surface area contributed by atoms with Crippen LogP contribution in [0.25, 0.3) is 0 Å². The second kappa shape index (κ2) is 9.63. The Hall–Kier alpha value is -1.61. The molecular formula is C21H31NO2. The van der Waals surface area contributed by atoms with Gasteiger partial charge in [0, 0.05) is 12.6 Å². The summed E-state index contributed by atoms with van der Waals surface area (Å²) in [6.45, 7) is 3.08. The van der Waals surface area contributed by atoms with E-state index in [1.54, 1.807) is 6.08 Å². The summed E-state index contributed by atoms with van der Waals surface area (Å²) < 4.78 is 5.55. The molecule has 0 unspecified atom stereocenters. The lowest BCUT2D eigenvalue weighted by Crippen LogP contribution is -2.23. The van der Waals surface area contributed by atoms with Crippen molar-refractivity contribution in [1.29, 1.82) is 0 Å². The van der Waals surface area contributed by atoms with E-state index in [0.717, 1.165) is 45.1 Å². The molecule has 0 aliphatic heterocycles. The van der Waals surface area contributed by atoms with E-state index in [2.05, 4.69) is 50.2 Å². The molecular weight excluding hydrogens is 298 g/mol. The molecule has 0 radical (unpaired) electrons. The summed E-state index contributed by atoms with van der Waals surface area (Å²) >= 11 is 0. The minimum Gasteiger partial charge on any atom is -0.459 e. The van der Waals surface area contributed by atoms with Crippen molar-refractivity contribution in [1.82, 2.24) is 4.90 Å². The average molecular weight is 329 g/mol. The second-order valence-electron chi connectivity index (χ2n) is 7.08. The van der Waals surface area contributed by atoms with Crippen LogP contribution in [0.5, 0.6) is 0 Å². The lowest BCUT2D eigenvalue weighted by atomic mass is 9.82. The number of carbonyl (C=O) groups excluding carboxylic acids is 1. The Morgan fingerprint density at radius 2 is 1.83 bits per heavy atom. The summed E-state index contributed by atoms with van der Waals surface area (Å²) in [7, 11) is 4.18. The second-order valence-corrected chi connectivity index (χ2v) is 7.08. The molecule has 0 heterocycles. The molecule has 1 aliphatic carbocycles.